The van der Waals surface area contributed by atoms with Gasteiger partial charge < -0.3 is 19.6 Å². The van der Waals surface area contributed by atoms with Crippen molar-refractivity contribution in [1.82, 2.24) is 9.80 Å². The second-order valence-corrected chi connectivity index (χ2v) is 13.3. The molecule has 12 heteroatoms. The van der Waals surface area contributed by atoms with E-state index in [1.165, 1.54) is 18.9 Å². The highest BCUT2D eigenvalue weighted by molar-refractivity contribution is 5.94. The van der Waals surface area contributed by atoms with Crippen LogP contribution in [0.3, 0.4) is 0 Å². The lowest BCUT2D eigenvalue weighted by Crippen LogP contribution is -2.65. The number of fused-ring (bicyclic) bond motifs is 4. The third kappa shape index (κ3) is 4.80. The van der Waals surface area contributed by atoms with Gasteiger partial charge in [-0.15, -0.1) is 0 Å². The molecule has 0 spiro atoms. The summed E-state index contributed by atoms with van der Waals surface area (Å²) in [6, 6.07) is 6.71. The molecule has 2 saturated carbocycles. The van der Waals surface area contributed by atoms with Crippen LogP contribution in [0.4, 0.5) is 26.7 Å². The van der Waals surface area contributed by atoms with E-state index >= 15 is 8.78 Å². The fourth-order valence-electron chi connectivity index (χ4n) is 8.98. The molecule has 1 heterocycles. The summed E-state index contributed by atoms with van der Waals surface area (Å²) in [5.74, 6) is -7.02. The zero-order chi connectivity index (χ0) is 32.5. The molecule has 7 nitrogen and oxygen atoms in total. The van der Waals surface area contributed by atoms with Gasteiger partial charge in [-0.3, -0.25) is 9.59 Å². The summed E-state index contributed by atoms with van der Waals surface area (Å²) in [5, 5.41) is 11.4. The minimum Gasteiger partial charge on any atom is -0.453 e. The molecule has 5 atom stereocenters. The van der Waals surface area contributed by atoms with Crippen molar-refractivity contribution >= 4 is 17.8 Å². The van der Waals surface area contributed by atoms with Crippen molar-refractivity contribution in [3.8, 4) is 0 Å². The topological polar surface area (TPSA) is 87.2 Å². The molecule has 0 unspecified atom stereocenters. The van der Waals surface area contributed by atoms with E-state index in [0.29, 0.717) is 63.0 Å². The number of benzene rings is 1. The van der Waals surface area contributed by atoms with Gasteiger partial charge in [0.25, 0.3) is 5.91 Å². The van der Waals surface area contributed by atoms with Gasteiger partial charge in [-0.25, -0.2) is 4.79 Å². The molecule has 1 aromatic rings. The number of alkyl halides is 5. The van der Waals surface area contributed by atoms with Crippen LogP contribution in [0.25, 0.3) is 0 Å². The largest absolute Gasteiger partial charge is 0.456 e. The minimum atomic E-state index is -5.91. The Bertz CT molecular complexity index is 1460. The van der Waals surface area contributed by atoms with Crippen LogP contribution < -0.4 is 0 Å². The Balaban J connectivity index is 1.36. The highest BCUT2D eigenvalue weighted by Crippen LogP contribution is 2.70. The Hall–Kier alpha value is -3.28. The maximum atomic E-state index is 15.2. The number of ether oxygens (including phenoxy) is 1. The lowest BCUT2D eigenvalue weighted by atomic mass is 9.50. The fourth-order valence-corrected chi connectivity index (χ4v) is 8.98. The summed E-state index contributed by atoms with van der Waals surface area (Å²) < 4.78 is 76.6. The summed E-state index contributed by atoms with van der Waals surface area (Å²) in [7, 11) is 1.29. The van der Waals surface area contributed by atoms with Crippen LogP contribution in [0.1, 0.15) is 73.7 Å². The second-order valence-electron chi connectivity index (χ2n) is 13.3. The smallest absolute Gasteiger partial charge is 0.453 e. The average molecular weight is 637 g/mol. The van der Waals surface area contributed by atoms with E-state index < -0.39 is 47.5 Å². The van der Waals surface area contributed by atoms with Gasteiger partial charge in [-0.1, -0.05) is 24.6 Å². The van der Waals surface area contributed by atoms with Gasteiger partial charge in [0.2, 0.25) is 0 Å². The number of nitrogens with zero attached hydrogens (tertiary/aromatic N) is 2. The van der Waals surface area contributed by atoms with Crippen LogP contribution >= 0.6 is 0 Å². The van der Waals surface area contributed by atoms with Crippen molar-refractivity contribution in [1.29, 1.82) is 0 Å². The first-order chi connectivity index (χ1) is 21.1. The number of carbonyl (C=O) groups is 3. The Kier molecular flexibility index (Phi) is 7.69. The number of allylic oxidation sites excluding steroid dienone is 4. The van der Waals surface area contributed by atoms with E-state index in [1.807, 2.05) is 0 Å². The lowest BCUT2D eigenvalue weighted by Gasteiger charge is -2.56. The molecule has 244 valence electrons. The number of ketones is 1. The molecular formula is C33H37F5N2O5. The van der Waals surface area contributed by atoms with E-state index in [2.05, 4.69) is 0 Å². The maximum Gasteiger partial charge on any atom is 0.456 e. The highest BCUT2D eigenvalue weighted by Gasteiger charge is 2.79. The lowest BCUT2D eigenvalue weighted by molar-refractivity contribution is -0.362. The van der Waals surface area contributed by atoms with Gasteiger partial charge in [0.05, 0.1) is 7.11 Å². The molecule has 0 bridgehead atoms. The molecule has 1 N–H and O–H groups in total. The monoisotopic (exact) mass is 636 g/mol. The summed E-state index contributed by atoms with van der Waals surface area (Å²) in [6.07, 6.45) is -3.68. The molecule has 4 aliphatic carbocycles. The maximum absolute atomic E-state index is 15.2. The number of carbonyl (C=O) groups excluding carboxylic acids is 3. The first kappa shape index (κ1) is 31.7. The second kappa shape index (κ2) is 10.9. The molecule has 2 amide bonds. The number of aliphatic hydroxyl groups is 1. The Morgan fingerprint density at radius 3 is 2.22 bits per heavy atom. The van der Waals surface area contributed by atoms with Crippen molar-refractivity contribution in [2.45, 2.75) is 75.5 Å². The zero-order valence-electron chi connectivity index (χ0n) is 25.3. The van der Waals surface area contributed by atoms with E-state index in [-0.39, 0.29) is 30.4 Å². The third-order valence-corrected chi connectivity index (χ3v) is 11.3. The van der Waals surface area contributed by atoms with Crippen molar-refractivity contribution in [2.75, 3.05) is 33.3 Å². The Labute approximate surface area is 258 Å². The minimum absolute atomic E-state index is 0.0142. The number of hydrogen-bond donors (Lipinski definition) is 1. The fraction of sp³-hybridized carbons (Fsp3) is 0.606. The Morgan fingerprint density at radius 2 is 1.60 bits per heavy atom. The third-order valence-electron chi connectivity index (χ3n) is 11.3. The molecule has 0 aromatic heterocycles. The molecule has 1 saturated heterocycles. The molecule has 3 fully saturated rings. The van der Waals surface area contributed by atoms with Crippen molar-refractivity contribution in [3.63, 3.8) is 0 Å². The molecule has 45 heavy (non-hydrogen) atoms. The summed E-state index contributed by atoms with van der Waals surface area (Å²) in [5.41, 5.74) is -1.12. The van der Waals surface area contributed by atoms with Crippen LogP contribution in [0.15, 0.2) is 47.1 Å². The number of rotatable bonds is 3. The number of halogens is 5. The van der Waals surface area contributed by atoms with E-state index in [9.17, 15) is 32.7 Å². The molecule has 0 radical (unpaired) electrons. The van der Waals surface area contributed by atoms with Gasteiger partial charge in [0.15, 0.2) is 5.78 Å². The number of piperazine rings is 1. The van der Waals surface area contributed by atoms with Gasteiger partial charge in [-0.05, 0) is 85.3 Å². The quantitative estimate of drug-likeness (QED) is 0.409. The first-order valence-corrected chi connectivity index (χ1v) is 15.5. The van der Waals surface area contributed by atoms with E-state index in [1.54, 1.807) is 35.2 Å². The van der Waals surface area contributed by atoms with Crippen LogP contribution in [0.5, 0.6) is 0 Å². The van der Waals surface area contributed by atoms with E-state index in [4.69, 9.17) is 4.74 Å². The van der Waals surface area contributed by atoms with Crippen LogP contribution in [-0.4, -0.2) is 83.7 Å². The van der Waals surface area contributed by atoms with Gasteiger partial charge >= 0.3 is 18.2 Å². The first-order valence-electron chi connectivity index (χ1n) is 15.5. The number of methoxy groups -OCH3 is 1. The standard InChI is InChI=1S/C33H37F5N2O5/c1-30-18-25(19-3-5-20(6-4-19)28(42)39-13-15-40(16-14-39)29(43)45-2)27-23-10-8-22(41)17-21(23)7-9-24(27)26(30)11-12-31(30,44)32(34,35)33(36,37)38/h3-6,17,24-26,44H,7-16,18H2,1-2H3/t24-,25+,26-,30-,31-/m0/s1. The van der Waals surface area contributed by atoms with Gasteiger partial charge in [-0.2, -0.15) is 22.0 Å². The van der Waals surface area contributed by atoms with Crippen molar-refractivity contribution in [2.24, 2.45) is 17.3 Å². The highest BCUT2D eigenvalue weighted by atomic mass is 19.4. The molecule has 5 aliphatic rings. The predicted molar refractivity (Wildman–Crippen MR) is 153 cm³/mol. The summed E-state index contributed by atoms with van der Waals surface area (Å²) in [4.78, 5) is 40.5. The van der Waals surface area contributed by atoms with Crippen LogP contribution in [-0.2, 0) is 9.53 Å². The molecule has 6 rings (SSSR count). The SMILES string of the molecule is COC(=O)N1CCN(C(=O)c2ccc([C@H]3C[C@@]4(C)[C@@H](CC[C@@]4(O)C(F)(F)C(F)(F)F)[C@@H]4CCC5=CC(=O)CCC5=C43)cc2)CC1. The van der Waals surface area contributed by atoms with E-state index in [0.717, 1.165) is 16.7 Å². The van der Waals surface area contributed by atoms with Crippen molar-refractivity contribution in [3.05, 3.63) is 58.2 Å². The molecule has 1 aromatic carbocycles. The summed E-state index contributed by atoms with van der Waals surface area (Å²) >= 11 is 0. The zero-order valence-corrected chi connectivity index (χ0v) is 25.3. The van der Waals surface area contributed by atoms with Crippen LogP contribution in [0.2, 0.25) is 0 Å². The van der Waals surface area contributed by atoms with Gasteiger partial charge in [0.1, 0.15) is 5.60 Å². The summed E-state index contributed by atoms with van der Waals surface area (Å²) in [6.45, 7) is 2.66. The molecule has 1 aliphatic heterocycles. The predicted octanol–water partition coefficient (Wildman–Crippen LogP) is 6.04. The van der Waals surface area contributed by atoms with Gasteiger partial charge in [0, 0.05) is 49.5 Å². The molecular weight excluding hydrogens is 599 g/mol. The average Bonchev–Trinajstić information content (AvgIpc) is 3.30. The normalized spacial score (nSPS) is 32.0. The van der Waals surface area contributed by atoms with Crippen LogP contribution in [0, 0.1) is 17.3 Å². The Morgan fingerprint density at radius 1 is 0.956 bits per heavy atom. The number of amides is 2. The van der Waals surface area contributed by atoms with Crippen molar-refractivity contribution < 1.29 is 46.2 Å². The number of hydrogen-bond acceptors (Lipinski definition) is 5.